The second-order valence-electron chi connectivity index (χ2n) is 19.6. The summed E-state index contributed by atoms with van der Waals surface area (Å²) >= 11 is 11.5. The summed E-state index contributed by atoms with van der Waals surface area (Å²) < 4.78 is 2.48. The van der Waals surface area contributed by atoms with E-state index in [1.807, 2.05) is 22.7 Å². The Bertz CT molecular complexity index is 1770. The lowest BCUT2D eigenvalue weighted by molar-refractivity contribution is 0.525. The van der Waals surface area contributed by atoms with E-state index in [0.29, 0.717) is 0 Å². The van der Waals surface area contributed by atoms with Crippen molar-refractivity contribution in [3.05, 3.63) is 54.4 Å². The first kappa shape index (κ1) is 55.5. The molecule has 4 aromatic rings. The molecule has 360 valence electrons. The standard InChI is InChI=1S/C58H92Br2N2S2/c1-5-7-9-11-13-15-17-19-21-23-25-27-29-31-33-35-37-39-41-49-46-54(64-58(49)60)51-44-43-50(53-45-47(3)57(59)63-53)56-55(51)61-48(4)52(62-56)42-40-38-36-34-32-30-28-26-24-22-20-18-16-14-12-10-8-6-2/h43-46H,5-42H2,1-4H3. The molecule has 0 aliphatic carbocycles. The molecule has 64 heavy (non-hydrogen) atoms. The first-order chi connectivity index (χ1) is 31.4. The highest BCUT2D eigenvalue weighted by Gasteiger charge is 2.19. The molecular weight excluding hydrogens is 949 g/mol. The molecule has 0 bridgehead atoms. The molecule has 3 heterocycles. The van der Waals surface area contributed by atoms with E-state index in [1.165, 1.54) is 276 Å². The third kappa shape index (κ3) is 21.9. The van der Waals surface area contributed by atoms with E-state index in [4.69, 9.17) is 9.97 Å². The molecular formula is C58H92Br2N2S2. The van der Waals surface area contributed by atoms with E-state index in [-0.39, 0.29) is 0 Å². The molecule has 0 unspecified atom stereocenters. The van der Waals surface area contributed by atoms with Crippen LogP contribution in [-0.2, 0) is 12.8 Å². The zero-order valence-electron chi connectivity index (χ0n) is 41.6. The third-order valence-electron chi connectivity index (χ3n) is 13.8. The zero-order chi connectivity index (χ0) is 45.5. The summed E-state index contributed by atoms with van der Waals surface area (Å²) in [5, 5.41) is 0. The van der Waals surface area contributed by atoms with Crippen molar-refractivity contribution in [3.8, 4) is 20.9 Å². The normalized spacial score (nSPS) is 11.8. The topological polar surface area (TPSA) is 25.8 Å². The van der Waals surface area contributed by atoms with Crippen LogP contribution in [0.25, 0.3) is 31.9 Å². The second-order valence-corrected chi connectivity index (χ2v) is 24.4. The van der Waals surface area contributed by atoms with Crippen molar-refractivity contribution in [2.24, 2.45) is 0 Å². The highest BCUT2D eigenvalue weighted by molar-refractivity contribution is 9.11. The van der Waals surface area contributed by atoms with E-state index < -0.39 is 0 Å². The summed E-state index contributed by atoms with van der Waals surface area (Å²) in [6.07, 6.45) is 52.9. The number of nitrogens with zero attached hydrogens (tertiary/aromatic N) is 2. The van der Waals surface area contributed by atoms with Crippen LogP contribution in [0.3, 0.4) is 0 Å². The Hall–Kier alpha value is -1.08. The highest BCUT2D eigenvalue weighted by atomic mass is 79.9. The van der Waals surface area contributed by atoms with Crippen molar-refractivity contribution in [3.63, 3.8) is 0 Å². The molecule has 0 amide bonds. The molecule has 0 spiro atoms. The number of aromatic nitrogens is 2. The zero-order valence-corrected chi connectivity index (χ0v) is 46.5. The average molecular weight is 1040 g/mol. The van der Waals surface area contributed by atoms with Gasteiger partial charge in [0, 0.05) is 20.9 Å². The predicted octanol–water partition coefficient (Wildman–Crippen LogP) is 22.4. The van der Waals surface area contributed by atoms with Gasteiger partial charge in [-0.2, -0.15) is 0 Å². The van der Waals surface area contributed by atoms with Crippen molar-refractivity contribution in [1.29, 1.82) is 0 Å². The summed E-state index contributed by atoms with van der Waals surface area (Å²) in [5.74, 6) is 0. The lowest BCUT2D eigenvalue weighted by atomic mass is 10.0. The number of hydrogen-bond acceptors (Lipinski definition) is 4. The van der Waals surface area contributed by atoms with Gasteiger partial charge in [0.15, 0.2) is 0 Å². The van der Waals surface area contributed by atoms with E-state index >= 15 is 0 Å². The Labute approximate surface area is 419 Å². The molecule has 0 fully saturated rings. The summed E-state index contributed by atoms with van der Waals surface area (Å²) in [4.78, 5) is 13.4. The quantitative estimate of drug-likeness (QED) is 0.0415. The minimum Gasteiger partial charge on any atom is -0.249 e. The number of rotatable bonds is 40. The monoisotopic (exact) mass is 1040 g/mol. The lowest BCUT2D eigenvalue weighted by Gasteiger charge is -2.12. The summed E-state index contributed by atoms with van der Waals surface area (Å²) in [6.45, 7) is 8.99. The molecule has 0 aliphatic rings. The van der Waals surface area contributed by atoms with E-state index in [2.05, 4.69) is 83.8 Å². The molecule has 4 rings (SSSR count). The molecule has 0 saturated carbocycles. The molecule has 0 saturated heterocycles. The summed E-state index contributed by atoms with van der Waals surface area (Å²) in [7, 11) is 0. The van der Waals surface area contributed by atoms with Gasteiger partial charge in [-0.1, -0.05) is 244 Å². The number of unbranched alkanes of at least 4 members (excludes halogenated alkanes) is 34. The van der Waals surface area contributed by atoms with Gasteiger partial charge in [-0.05, 0) is 94.7 Å². The smallest absolute Gasteiger partial charge is 0.0983 e. The Morgan fingerprint density at radius 3 is 1.09 bits per heavy atom. The van der Waals surface area contributed by atoms with Gasteiger partial charge in [-0.25, -0.2) is 9.97 Å². The first-order valence-corrected chi connectivity index (χ1v) is 30.5. The van der Waals surface area contributed by atoms with Gasteiger partial charge in [0.1, 0.15) is 0 Å². The molecule has 0 aliphatic heterocycles. The van der Waals surface area contributed by atoms with Gasteiger partial charge >= 0.3 is 0 Å². The molecule has 1 aromatic carbocycles. The van der Waals surface area contributed by atoms with Crippen LogP contribution in [0, 0.1) is 13.8 Å². The van der Waals surface area contributed by atoms with Gasteiger partial charge in [-0.3, -0.25) is 0 Å². The van der Waals surface area contributed by atoms with Gasteiger partial charge in [0.25, 0.3) is 0 Å². The van der Waals surface area contributed by atoms with Crippen LogP contribution in [0.1, 0.15) is 268 Å². The number of thiophene rings is 2. The van der Waals surface area contributed by atoms with Gasteiger partial charge < -0.3 is 0 Å². The summed E-state index contributed by atoms with van der Waals surface area (Å²) in [6, 6.07) is 9.36. The Balaban J connectivity index is 1.17. The summed E-state index contributed by atoms with van der Waals surface area (Å²) in [5.41, 5.74) is 9.53. The maximum Gasteiger partial charge on any atom is 0.0983 e. The van der Waals surface area contributed by atoms with Crippen LogP contribution in [0.5, 0.6) is 0 Å². The average Bonchev–Trinajstić information content (AvgIpc) is 3.83. The first-order valence-electron chi connectivity index (χ1n) is 27.3. The Morgan fingerprint density at radius 2 is 0.719 bits per heavy atom. The van der Waals surface area contributed by atoms with Crippen molar-refractivity contribution in [1.82, 2.24) is 9.97 Å². The van der Waals surface area contributed by atoms with Gasteiger partial charge in [0.2, 0.25) is 0 Å². The number of benzene rings is 1. The molecule has 6 heteroatoms. The Morgan fingerprint density at radius 1 is 0.391 bits per heavy atom. The van der Waals surface area contributed by atoms with Crippen LogP contribution in [0.4, 0.5) is 0 Å². The molecule has 0 atom stereocenters. The maximum atomic E-state index is 5.47. The van der Waals surface area contributed by atoms with Crippen molar-refractivity contribution >= 4 is 65.6 Å². The van der Waals surface area contributed by atoms with Crippen LogP contribution in [0.15, 0.2) is 31.8 Å². The third-order valence-corrected chi connectivity index (χ3v) is 18.0. The number of halogens is 2. The maximum absolute atomic E-state index is 5.47. The van der Waals surface area contributed by atoms with Crippen LogP contribution < -0.4 is 0 Å². The fourth-order valence-corrected chi connectivity index (χ4v) is 13.0. The molecule has 0 radical (unpaired) electrons. The highest BCUT2D eigenvalue weighted by Crippen LogP contribution is 2.43. The largest absolute Gasteiger partial charge is 0.249 e. The lowest BCUT2D eigenvalue weighted by Crippen LogP contribution is -2.01. The SMILES string of the molecule is CCCCCCCCCCCCCCCCCCCCc1cc(-c2ccc(-c3cc(C)c(Br)s3)c3nc(CCCCCCCCCCCCCCCCCCCC)c(C)nc23)sc1Br. The van der Waals surface area contributed by atoms with Crippen LogP contribution in [0.2, 0.25) is 0 Å². The number of fused-ring (bicyclic) bond motifs is 1. The van der Waals surface area contributed by atoms with E-state index in [1.54, 1.807) is 0 Å². The van der Waals surface area contributed by atoms with Crippen molar-refractivity contribution < 1.29 is 0 Å². The molecule has 3 aromatic heterocycles. The van der Waals surface area contributed by atoms with Gasteiger partial charge in [0.05, 0.1) is 30.0 Å². The fraction of sp³-hybridized carbons (Fsp3) is 0.724. The van der Waals surface area contributed by atoms with Gasteiger partial charge in [-0.15, -0.1) is 22.7 Å². The van der Waals surface area contributed by atoms with Crippen LogP contribution >= 0.6 is 54.5 Å². The minimum atomic E-state index is 1.01. The predicted molar refractivity (Wildman–Crippen MR) is 296 cm³/mol. The van der Waals surface area contributed by atoms with E-state index in [0.717, 1.165) is 29.6 Å². The minimum absolute atomic E-state index is 1.01. The van der Waals surface area contributed by atoms with Crippen molar-refractivity contribution in [2.75, 3.05) is 0 Å². The van der Waals surface area contributed by atoms with Crippen molar-refractivity contribution in [2.45, 2.75) is 272 Å². The molecule has 2 nitrogen and oxygen atoms in total. The molecule has 0 N–H and O–H groups in total. The van der Waals surface area contributed by atoms with Crippen LogP contribution in [-0.4, -0.2) is 9.97 Å². The number of hydrogen-bond donors (Lipinski definition) is 0. The second kappa shape index (κ2) is 35.1. The Kier molecular flexibility index (Phi) is 30.4. The number of aryl methyl sites for hydroxylation is 4. The van der Waals surface area contributed by atoms with E-state index in [9.17, 15) is 0 Å². The fourth-order valence-electron chi connectivity index (χ4n) is 9.60.